The number of carbonyl (C=O) groups is 2. The predicted octanol–water partition coefficient (Wildman–Crippen LogP) is 5.31. The fourth-order valence-electron chi connectivity index (χ4n) is 3.65. The lowest BCUT2D eigenvalue weighted by Crippen LogP contribution is -2.40. The van der Waals surface area contributed by atoms with E-state index in [1.165, 1.54) is 23.8 Å². The van der Waals surface area contributed by atoms with Gasteiger partial charge in [-0.1, -0.05) is 43.6 Å². The number of fused-ring (bicyclic) bond motifs is 1. The van der Waals surface area contributed by atoms with Crippen LogP contribution in [-0.2, 0) is 22.2 Å². The zero-order chi connectivity index (χ0) is 20.9. The molecule has 5 heteroatoms. The SMILES string of the molecule is Cc1cc2c(cc1CC(=O)c1ccc(C(=O)O)c(Cl)c1)C(C)(C)COC2(C)C. The molecule has 0 saturated heterocycles. The van der Waals surface area contributed by atoms with Gasteiger partial charge in [0.1, 0.15) is 0 Å². The van der Waals surface area contributed by atoms with Crippen LogP contribution in [0.3, 0.4) is 0 Å². The molecule has 0 spiro atoms. The van der Waals surface area contributed by atoms with E-state index in [1.807, 2.05) is 6.92 Å². The molecule has 0 unspecified atom stereocenters. The molecule has 1 heterocycles. The smallest absolute Gasteiger partial charge is 0.337 e. The Balaban J connectivity index is 1.96. The number of carboxylic acid groups (broad SMARTS) is 1. The Labute approximate surface area is 170 Å². The third-order valence-corrected chi connectivity index (χ3v) is 5.83. The number of ether oxygens (including phenoxy) is 1. The maximum Gasteiger partial charge on any atom is 0.337 e. The van der Waals surface area contributed by atoms with Gasteiger partial charge in [-0.2, -0.15) is 0 Å². The van der Waals surface area contributed by atoms with E-state index in [4.69, 9.17) is 21.4 Å². The topological polar surface area (TPSA) is 63.6 Å². The summed E-state index contributed by atoms with van der Waals surface area (Å²) in [7, 11) is 0. The highest BCUT2D eigenvalue weighted by molar-refractivity contribution is 6.33. The second-order valence-corrected chi connectivity index (χ2v) is 9.01. The highest BCUT2D eigenvalue weighted by Crippen LogP contribution is 2.42. The Hall–Kier alpha value is -2.17. The van der Waals surface area contributed by atoms with Crippen LogP contribution in [0, 0.1) is 6.92 Å². The summed E-state index contributed by atoms with van der Waals surface area (Å²) in [4.78, 5) is 23.9. The molecule has 0 aliphatic carbocycles. The van der Waals surface area contributed by atoms with Crippen LogP contribution >= 0.6 is 11.6 Å². The quantitative estimate of drug-likeness (QED) is 0.706. The van der Waals surface area contributed by atoms with Crippen molar-refractivity contribution in [2.75, 3.05) is 6.61 Å². The zero-order valence-electron chi connectivity index (χ0n) is 16.9. The summed E-state index contributed by atoms with van der Waals surface area (Å²) in [5.41, 5.74) is 4.27. The fourth-order valence-corrected chi connectivity index (χ4v) is 3.92. The molecule has 2 aromatic rings. The van der Waals surface area contributed by atoms with E-state index in [0.29, 0.717) is 12.2 Å². The average Bonchev–Trinajstić information content (AvgIpc) is 2.60. The average molecular weight is 401 g/mol. The van der Waals surface area contributed by atoms with Gasteiger partial charge >= 0.3 is 5.97 Å². The van der Waals surface area contributed by atoms with E-state index < -0.39 is 5.97 Å². The van der Waals surface area contributed by atoms with Crippen LogP contribution in [0.5, 0.6) is 0 Å². The molecule has 3 rings (SSSR count). The summed E-state index contributed by atoms with van der Waals surface area (Å²) in [6, 6.07) is 8.58. The number of hydrogen-bond acceptors (Lipinski definition) is 3. The first kappa shape index (κ1) is 20.6. The summed E-state index contributed by atoms with van der Waals surface area (Å²) in [5, 5.41) is 9.16. The second-order valence-electron chi connectivity index (χ2n) is 8.61. The molecule has 0 saturated carbocycles. The van der Waals surface area contributed by atoms with Crippen LogP contribution in [0.2, 0.25) is 5.02 Å². The molecule has 0 bridgehead atoms. The van der Waals surface area contributed by atoms with Gasteiger partial charge in [0, 0.05) is 17.4 Å². The molecular weight excluding hydrogens is 376 g/mol. The standard InChI is InChI=1S/C23H25ClO4/c1-13-8-18-17(22(2,3)12-28-23(18,4)5)9-15(13)11-20(25)14-6-7-16(21(26)27)19(24)10-14/h6-10H,11-12H2,1-5H3,(H,26,27). The number of rotatable bonds is 4. The summed E-state index contributed by atoms with van der Waals surface area (Å²) in [5.74, 6) is -1.20. The Morgan fingerprint density at radius 2 is 1.79 bits per heavy atom. The Morgan fingerprint density at radius 3 is 2.39 bits per heavy atom. The van der Waals surface area contributed by atoms with Crippen LogP contribution in [-0.4, -0.2) is 23.5 Å². The van der Waals surface area contributed by atoms with Crippen LogP contribution in [0.1, 0.15) is 70.7 Å². The summed E-state index contributed by atoms with van der Waals surface area (Å²) in [6.45, 7) is 11.0. The van der Waals surface area contributed by atoms with Crippen molar-refractivity contribution in [2.45, 2.75) is 52.1 Å². The van der Waals surface area contributed by atoms with Crippen LogP contribution in [0.4, 0.5) is 0 Å². The number of hydrogen-bond donors (Lipinski definition) is 1. The van der Waals surface area contributed by atoms with Crippen molar-refractivity contribution in [2.24, 2.45) is 0 Å². The van der Waals surface area contributed by atoms with Crippen molar-refractivity contribution in [1.82, 2.24) is 0 Å². The number of benzene rings is 2. The number of carboxylic acids is 1. The number of ketones is 1. The number of aryl methyl sites for hydroxylation is 1. The first-order valence-electron chi connectivity index (χ1n) is 9.27. The lowest BCUT2D eigenvalue weighted by Gasteiger charge is -2.42. The van der Waals surface area contributed by atoms with E-state index >= 15 is 0 Å². The normalized spacial score (nSPS) is 17.1. The van der Waals surface area contributed by atoms with Gasteiger partial charge in [-0.15, -0.1) is 0 Å². The van der Waals surface area contributed by atoms with Crippen molar-refractivity contribution in [3.05, 3.63) is 68.7 Å². The summed E-state index contributed by atoms with van der Waals surface area (Å²) >= 11 is 6.02. The van der Waals surface area contributed by atoms with Crippen LogP contribution in [0.25, 0.3) is 0 Å². The van der Waals surface area contributed by atoms with Gasteiger partial charge in [-0.3, -0.25) is 4.79 Å². The van der Waals surface area contributed by atoms with Gasteiger partial charge < -0.3 is 9.84 Å². The molecule has 2 aromatic carbocycles. The first-order chi connectivity index (χ1) is 12.9. The van der Waals surface area contributed by atoms with E-state index in [-0.39, 0.29) is 33.8 Å². The molecule has 4 nitrogen and oxygen atoms in total. The van der Waals surface area contributed by atoms with E-state index in [0.717, 1.165) is 16.7 Å². The molecule has 28 heavy (non-hydrogen) atoms. The largest absolute Gasteiger partial charge is 0.478 e. The van der Waals surface area contributed by atoms with Gasteiger partial charge in [-0.05, 0) is 55.2 Å². The van der Waals surface area contributed by atoms with E-state index in [1.54, 1.807) is 0 Å². The number of halogens is 1. The third kappa shape index (κ3) is 3.71. The molecule has 0 atom stereocenters. The Morgan fingerprint density at radius 1 is 1.11 bits per heavy atom. The van der Waals surface area contributed by atoms with E-state index in [9.17, 15) is 9.59 Å². The maximum atomic E-state index is 12.8. The lowest BCUT2D eigenvalue weighted by atomic mass is 9.74. The van der Waals surface area contributed by atoms with Gasteiger partial charge in [0.25, 0.3) is 0 Å². The molecule has 1 aliphatic heterocycles. The molecule has 0 aromatic heterocycles. The van der Waals surface area contributed by atoms with Crippen molar-refractivity contribution >= 4 is 23.4 Å². The van der Waals surface area contributed by atoms with Gasteiger partial charge in [0.15, 0.2) is 5.78 Å². The molecule has 1 aliphatic rings. The van der Waals surface area contributed by atoms with Crippen LogP contribution < -0.4 is 0 Å². The molecular formula is C23H25ClO4. The molecule has 1 N–H and O–H groups in total. The monoisotopic (exact) mass is 400 g/mol. The van der Waals surface area contributed by atoms with Gasteiger partial charge in [-0.25, -0.2) is 4.79 Å². The molecule has 0 radical (unpaired) electrons. The lowest BCUT2D eigenvalue weighted by molar-refractivity contribution is -0.0588. The molecule has 148 valence electrons. The zero-order valence-corrected chi connectivity index (χ0v) is 17.6. The molecule has 0 amide bonds. The van der Waals surface area contributed by atoms with Crippen LogP contribution in [0.15, 0.2) is 30.3 Å². The van der Waals surface area contributed by atoms with E-state index in [2.05, 4.69) is 39.8 Å². The predicted molar refractivity (Wildman–Crippen MR) is 110 cm³/mol. The number of Topliss-reactive ketones (excluding diaryl/α,β-unsaturated/α-hetero) is 1. The van der Waals surface area contributed by atoms with Crippen molar-refractivity contribution in [3.63, 3.8) is 0 Å². The highest BCUT2D eigenvalue weighted by Gasteiger charge is 2.38. The maximum absolute atomic E-state index is 12.8. The Kier molecular flexibility index (Phi) is 5.15. The molecule has 0 fully saturated rings. The minimum Gasteiger partial charge on any atom is -0.478 e. The summed E-state index contributed by atoms with van der Waals surface area (Å²) in [6.07, 6.45) is 0.235. The minimum absolute atomic E-state index is 0.00726. The highest BCUT2D eigenvalue weighted by atomic mass is 35.5. The fraction of sp³-hybridized carbons (Fsp3) is 0.391. The second kappa shape index (κ2) is 7.02. The minimum atomic E-state index is -1.11. The van der Waals surface area contributed by atoms with Crippen molar-refractivity contribution < 1.29 is 19.4 Å². The number of aromatic carboxylic acids is 1. The Bertz CT molecular complexity index is 973. The summed E-state index contributed by atoms with van der Waals surface area (Å²) < 4.78 is 6.07. The van der Waals surface area contributed by atoms with Gasteiger partial charge in [0.2, 0.25) is 0 Å². The third-order valence-electron chi connectivity index (χ3n) is 5.52. The van der Waals surface area contributed by atoms with Crippen molar-refractivity contribution in [3.8, 4) is 0 Å². The first-order valence-corrected chi connectivity index (χ1v) is 9.64. The van der Waals surface area contributed by atoms with Gasteiger partial charge in [0.05, 0.1) is 22.8 Å². The number of carbonyl (C=O) groups excluding carboxylic acids is 1. The van der Waals surface area contributed by atoms with Crippen molar-refractivity contribution in [1.29, 1.82) is 0 Å².